The Balaban J connectivity index is 2.28. The lowest BCUT2D eigenvalue weighted by Gasteiger charge is -2.19. The van der Waals surface area contributed by atoms with E-state index < -0.39 is 17.2 Å². The maximum absolute atomic E-state index is 12.9. The second-order valence-electron chi connectivity index (χ2n) is 5.76. The van der Waals surface area contributed by atoms with Crippen molar-refractivity contribution < 1.29 is 14.6 Å². The van der Waals surface area contributed by atoms with E-state index in [0.29, 0.717) is 17.0 Å². The van der Waals surface area contributed by atoms with E-state index in [4.69, 9.17) is 16.3 Å². The van der Waals surface area contributed by atoms with E-state index in [2.05, 4.69) is 0 Å². The molecule has 7 heteroatoms. The summed E-state index contributed by atoms with van der Waals surface area (Å²) in [5, 5.41) is 11.0. The Kier molecular flexibility index (Phi) is 4.61. The van der Waals surface area contributed by atoms with Gasteiger partial charge in [-0.25, -0.2) is 0 Å². The molecule has 0 fully saturated rings. The Morgan fingerprint density at radius 2 is 1.85 bits per heavy atom. The maximum atomic E-state index is 12.9. The summed E-state index contributed by atoms with van der Waals surface area (Å²) in [5.74, 6) is -0.752. The first-order valence-corrected chi connectivity index (χ1v) is 8.17. The van der Waals surface area contributed by atoms with E-state index in [9.17, 15) is 14.7 Å². The molecule has 0 bridgehead atoms. The van der Waals surface area contributed by atoms with Crippen LogP contribution < -0.4 is 15.2 Å². The number of benzene rings is 2. The predicted molar refractivity (Wildman–Crippen MR) is 102 cm³/mol. The SMILES string of the molecule is COc1ccc2c(c(O)c(C(=O)N(C)c3ccccc3)c(=O)n2C)c1Cl. The summed E-state index contributed by atoms with van der Waals surface area (Å²) in [6.45, 7) is 0. The monoisotopic (exact) mass is 372 g/mol. The number of amides is 1. The zero-order valence-electron chi connectivity index (χ0n) is 14.5. The van der Waals surface area contributed by atoms with Gasteiger partial charge in [0.15, 0.2) is 0 Å². The second kappa shape index (κ2) is 6.72. The molecule has 1 N–H and O–H groups in total. The quantitative estimate of drug-likeness (QED) is 0.766. The number of ether oxygens (including phenoxy) is 1. The molecule has 0 spiro atoms. The van der Waals surface area contributed by atoms with E-state index in [1.54, 1.807) is 36.4 Å². The van der Waals surface area contributed by atoms with Gasteiger partial charge in [0, 0.05) is 19.8 Å². The highest BCUT2D eigenvalue weighted by Gasteiger charge is 2.26. The number of para-hydroxylation sites is 1. The third-order valence-corrected chi connectivity index (χ3v) is 4.70. The third kappa shape index (κ3) is 2.68. The number of carbonyl (C=O) groups is 1. The zero-order chi connectivity index (χ0) is 19.0. The highest BCUT2D eigenvalue weighted by atomic mass is 35.5. The molecule has 0 saturated heterocycles. The number of rotatable bonds is 3. The van der Waals surface area contributed by atoms with Crippen LogP contribution in [0.4, 0.5) is 5.69 Å². The van der Waals surface area contributed by atoms with Crippen LogP contribution in [0.2, 0.25) is 5.02 Å². The van der Waals surface area contributed by atoms with Crippen LogP contribution in [0.25, 0.3) is 10.9 Å². The van der Waals surface area contributed by atoms with Gasteiger partial charge in [0.1, 0.15) is 17.1 Å². The Bertz CT molecular complexity index is 1060. The number of aryl methyl sites for hydroxylation is 1. The van der Waals surface area contributed by atoms with Crippen molar-refractivity contribution in [3.63, 3.8) is 0 Å². The smallest absolute Gasteiger partial charge is 0.267 e. The van der Waals surface area contributed by atoms with Crippen molar-refractivity contribution in [2.24, 2.45) is 7.05 Å². The number of anilines is 1. The van der Waals surface area contributed by atoms with Crippen molar-refractivity contribution in [3.8, 4) is 11.5 Å². The lowest BCUT2D eigenvalue weighted by atomic mass is 10.1. The molecule has 2 aromatic carbocycles. The minimum atomic E-state index is -0.630. The van der Waals surface area contributed by atoms with Gasteiger partial charge in [0.05, 0.1) is 23.0 Å². The number of methoxy groups -OCH3 is 1. The van der Waals surface area contributed by atoms with Crippen molar-refractivity contribution in [2.75, 3.05) is 19.1 Å². The summed E-state index contributed by atoms with van der Waals surface area (Å²) >= 11 is 6.32. The molecule has 0 aliphatic heterocycles. The number of nitrogens with zero attached hydrogens (tertiary/aromatic N) is 2. The fourth-order valence-electron chi connectivity index (χ4n) is 2.84. The first-order valence-electron chi connectivity index (χ1n) is 7.79. The van der Waals surface area contributed by atoms with Gasteiger partial charge in [-0.05, 0) is 24.3 Å². The largest absolute Gasteiger partial charge is 0.506 e. The first-order chi connectivity index (χ1) is 12.4. The number of hydrogen-bond acceptors (Lipinski definition) is 4. The molecule has 0 unspecified atom stereocenters. The summed E-state index contributed by atoms with van der Waals surface area (Å²) in [7, 11) is 4.50. The van der Waals surface area contributed by atoms with Crippen molar-refractivity contribution in [2.45, 2.75) is 0 Å². The topological polar surface area (TPSA) is 71.8 Å². The van der Waals surface area contributed by atoms with Crippen molar-refractivity contribution in [3.05, 3.63) is 63.4 Å². The van der Waals surface area contributed by atoms with Crippen LogP contribution in [0.3, 0.4) is 0 Å². The number of pyridine rings is 1. The van der Waals surface area contributed by atoms with Gasteiger partial charge in [-0.3, -0.25) is 9.59 Å². The van der Waals surface area contributed by atoms with Crippen molar-refractivity contribution in [1.82, 2.24) is 4.57 Å². The Morgan fingerprint density at radius 3 is 2.46 bits per heavy atom. The standard InChI is InChI=1S/C19H17ClN2O4/c1-21(11-7-5-4-6-8-11)18(24)15-17(23)14-12(22(2)19(15)25)9-10-13(26-3)16(14)20/h4-10,23H,1-3H3. The number of fused-ring (bicyclic) bond motifs is 1. The normalized spacial score (nSPS) is 10.8. The van der Waals surface area contributed by atoms with E-state index in [1.165, 1.54) is 30.7 Å². The highest BCUT2D eigenvalue weighted by Crippen LogP contribution is 2.38. The van der Waals surface area contributed by atoms with Crippen LogP contribution in [0.5, 0.6) is 11.5 Å². The number of hydrogen-bond donors (Lipinski definition) is 1. The molecule has 0 radical (unpaired) electrons. The third-order valence-electron chi connectivity index (χ3n) is 4.32. The molecule has 0 atom stereocenters. The van der Waals surface area contributed by atoms with Gasteiger partial charge >= 0.3 is 0 Å². The maximum Gasteiger partial charge on any atom is 0.267 e. The van der Waals surface area contributed by atoms with Crippen molar-refractivity contribution >= 4 is 34.1 Å². The lowest BCUT2D eigenvalue weighted by molar-refractivity contribution is 0.0988. The first kappa shape index (κ1) is 17.8. The van der Waals surface area contributed by atoms with Crippen LogP contribution in [0, 0.1) is 0 Å². The average Bonchev–Trinajstić information content (AvgIpc) is 2.66. The number of aromatic nitrogens is 1. The van der Waals surface area contributed by atoms with Gasteiger partial charge < -0.3 is 19.3 Å². The van der Waals surface area contributed by atoms with Gasteiger partial charge in [-0.1, -0.05) is 29.8 Å². The summed E-state index contributed by atoms with van der Waals surface area (Å²) in [4.78, 5) is 27.0. The summed E-state index contributed by atoms with van der Waals surface area (Å²) in [6, 6.07) is 12.0. The number of halogens is 1. The van der Waals surface area contributed by atoms with Crippen LogP contribution in [0.1, 0.15) is 10.4 Å². The number of aromatic hydroxyl groups is 1. The molecule has 1 heterocycles. The van der Waals surface area contributed by atoms with Crippen LogP contribution >= 0.6 is 11.6 Å². The molecule has 3 aromatic rings. The summed E-state index contributed by atoms with van der Waals surface area (Å²) in [5.41, 5.74) is 0.0403. The molecule has 3 rings (SSSR count). The Labute approximate surface area is 154 Å². The minimum Gasteiger partial charge on any atom is -0.506 e. The molecule has 0 aliphatic carbocycles. The predicted octanol–water partition coefficient (Wildman–Crippen LogP) is 3.18. The molecule has 0 aliphatic rings. The van der Waals surface area contributed by atoms with Crippen LogP contribution in [-0.2, 0) is 7.05 Å². The fraction of sp³-hybridized carbons (Fsp3) is 0.158. The molecule has 26 heavy (non-hydrogen) atoms. The molecule has 134 valence electrons. The van der Waals surface area contributed by atoms with Crippen LogP contribution in [-0.4, -0.2) is 29.7 Å². The van der Waals surface area contributed by atoms with E-state index in [-0.39, 0.29) is 16.0 Å². The highest BCUT2D eigenvalue weighted by molar-refractivity contribution is 6.37. The fourth-order valence-corrected chi connectivity index (χ4v) is 3.17. The van der Waals surface area contributed by atoms with E-state index in [0.717, 1.165) is 0 Å². The zero-order valence-corrected chi connectivity index (χ0v) is 15.2. The van der Waals surface area contributed by atoms with Crippen molar-refractivity contribution in [1.29, 1.82) is 0 Å². The van der Waals surface area contributed by atoms with Gasteiger partial charge in [0.2, 0.25) is 0 Å². The van der Waals surface area contributed by atoms with E-state index in [1.807, 2.05) is 6.07 Å². The molecular formula is C19H17ClN2O4. The second-order valence-corrected chi connectivity index (χ2v) is 6.14. The molecular weight excluding hydrogens is 356 g/mol. The van der Waals surface area contributed by atoms with Gasteiger partial charge in [0.25, 0.3) is 11.5 Å². The molecule has 0 saturated carbocycles. The molecule has 6 nitrogen and oxygen atoms in total. The summed E-state index contributed by atoms with van der Waals surface area (Å²) < 4.78 is 6.45. The molecule has 1 amide bonds. The Hall–Kier alpha value is -2.99. The van der Waals surface area contributed by atoms with Gasteiger partial charge in [-0.2, -0.15) is 0 Å². The minimum absolute atomic E-state index is 0.134. The number of carbonyl (C=O) groups excluding carboxylic acids is 1. The lowest BCUT2D eigenvalue weighted by Crippen LogP contribution is -2.34. The average molecular weight is 373 g/mol. The molecule has 1 aromatic heterocycles. The van der Waals surface area contributed by atoms with Crippen LogP contribution in [0.15, 0.2) is 47.3 Å². The Morgan fingerprint density at radius 1 is 1.19 bits per heavy atom. The van der Waals surface area contributed by atoms with E-state index >= 15 is 0 Å². The summed E-state index contributed by atoms with van der Waals surface area (Å²) in [6.07, 6.45) is 0. The van der Waals surface area contributed by atoms with Gasteiger partial charge in [-0.15, -0.1) is 0 Å².